The average Bonchev–Trinajstić information content (AvgIpc) is 2.54. The summed E-state index contributed by atoms with van der Waals surface area (Å²) in [5, 5.41) is 0. The van der Waals surface area contributed by atoms with E-state index >= 15 is 0 Å². The number of carbonyl (C=O) groups excluding carboxylic acids is 1. The minimum atomic E-state index is 0.310. The Hall–Kier alpha value is -1.11. The fourth-order valence-electron chi connectivity index (χ4n) is 3.22. The normalized spacial score (nSPS) is 29.5. The van der Waals surface area contributed by atoms with E-state index in [-0.39, 0.29) is 0 Å². The van der Waals surface area contributed by atoms with Crippen molar-refractivity contribution in [2.75, 3.05) is 0 Å². The van der Waals surface area contributed by atoms with E-state index < -0.39 is 0 Å². The van der Waals surface area contributed by atoms with Crippen molar-refractivity contribution in [3.05, 3.63) is 35.4 Å². The maximum Gasteiger partial charge on any atom is 0.136 e. The second-order valence-corrected chi connectivity index (χ2v) is 4.83. The molecule has 1 saturated carbocycles. The molecule has 3 rings (SSSR count). The van der Waals surface area contributed by atoms with Gasteiger partial charge in [-0.2, -0.15) is 0 Å². The molecule has 0 bridgehead atoms. The van der Waals surface area contributed by atoms with E-state index in [2.05, 4.69) is 24.3 Å². The Morgan fingerprint density at radius 3 is 2.87 bits per heavy atom. The standard InChI is InChI=1S/C14H16O/c15-14-8-4-3-7-12-11-6-2-1-5-10(11)9-13(12)14/h1-2,5-6,12-13H,3-4,7-9H2/t12-,13+/m0/s1. The molecule has 78 valence electrons. The number of fused-ring (bicyclic) bond motifs is 3. The van der Waals surface area contributed by atoms with Crippen LogP contribution >= 0.6 is 0 Å². The molecule has 2 atom stereocenters. The van der Waals surface area contributed by atoms with Crippen LogP contribution in [0.2, 0.25) is 0 Å². The molecule has 0 saturated heterocycles. The Balaban J connectivity index is 2.01. The van der Waals surface area contributed by atoms with Crippen molar-refractivity contribution in [3.63, 3.8) is 0 Å². The third-order valence-electron chi connectivity index (χ3n) is 3.98. The van der Waals surface area contributed by atoms with E-state index in [9.17, 15) is 4.79 Å². The monoisotopic (exact) mass is 200 g/mol. The highest BCUT2D eigenvalue weighted by Crippen LogP contribution is 2.43. The number of ketones is 1. The summed E-state index contributed by atoms with van der Waals surface area (Å²) in [7, 11) is 0. The summed E-state index contributed by atoms with van der Waals surface area (Å²) in [6.07, 6.45) is 5.36. The lowest BCUT2D eigenvalue weighted by atomic mass is 9.88. The van der Waals surface area contributed by atoms with Gasteiger partial charge in [0, 0.05) is 12.3 Å². The van der Waals surface area contributed by atoms with E-state index in [0.29, 0.717) is 17.6 Å². The van der Waals surface area contributed by atoms with Crippen LogP contribution in [0.4, 0.5) is 0 Å². The Labute approximate surface area is 90.5 Å². The van der Waals surface area contributed by atoms with Gasteiger partial charge in [0.15, 0.2) is 0 Å². The second kappa shape index (κ2) is 3.48. The van der Waals surface area contributed by atoms with Gasteiger partial charge in [0.1, 0.15) is 5.78 Å². The largest absolute Gasteiger partial charge is 0.299 e. The Kier molecular flexibility index (Phi) is 2.12. The molecule has 1 aromatic carbocycles. The summed E-state index contributed by atoms with van der Waals surface area (Å²) in [6.45, 7) is 0. The predicted octanol–water partition coefficient (Wildman–Crippen LogP) is 3.09. The number of rotatable bonds is 0. The summed E-state index contributed by atoms with van der Waals surface area (Å²) < 4.78 is 0. The van der Waals surface area contributed by atoms with Gasteiger partial charge in [-0.3, -0.25) is 4.79 Å². The van der Waals surface area contributed by atoms with Crippen molar-refractivity contribution >= 4 is 5.78 Å². The van der Waals surface area contributed by atoms with Gasteiger partial charge in [-0.05, 0) is 36.3 Å². The number of benzene rings is 1. The molecule has 0 amide bonds. The fourth-order valence-corrected chi connectivity index (χ4v) is 3.22. The smallest absolute Gasteiger partial charge is 0.136 e. The van der Waals surface area contributed by atoms with Gasteiger partial charge in [-0.1, -0.05) is 30.7 Å². The van der Waals surface area contributed by atoms with Crippen LogP contribution in [-0.2, 0) is 11.2 Å². The molecular formula is C14H16O. The van der Waals surface area contributed by atoms with E-state index in [1.165, 1.54) is 24.0 Å². The maximum atomic E-state index is 12.0. The summed E-state index contributed by atoms with van der Waals surface area (Å²) in [6, 6.07) is 8.61. The topological polar surface area (TPSA) is 17.1 Å². The van der Waals surface area contributed by atoms with Crippen LogP contribution in [0.15, 0.2) is 24.3 Å². The van der Waals surface area contributed by atoms with Gasteiger partial charge in [0.05, 0.1) is 0 Å². The Bertz CT molecular complexity index is 394. The molecular weight excluding hydrogens is 184 g/mol. The minimum absolute atomic E-state index is 0.310. The highest BCUT2D eigenvalue weighted by Gasteiger charge is 2.37. The first-order chi connectivity index (χ1) is 7.36. The zero-order valence-electron chi connectivity index (χ0n) is 8.91. The minimum Gasteiger partial charge on any atom is -0.299 e. The molecule has 1 nitrogen and oxygen atoms in total. The molecule has 0 heterocycles. The summed E-state index contributed by atoms with van der Waals surface area (Å²) >= 11 is 0. The first kappa shape index (κ1) is 9.14. The summed E-state index contributed by atoms with van der Waals surface area (Å²) in [5.41, 5.74) is 2.88. The summed E-state index contributed by atoms with van der Waals surface area (Å²) in [4.78, 5) is 12.0. The van der Waals surface area contributed by atoms with E-state index in [1.807, 2.05) is 0 Å². The lowest BCUT2D eigenvalue weighted by Gasteiger charge is -2.15. The lowest BCUT2D eigenvalue weighted by molar-refractivity contribution is -0.122. The maximum absolute atomic E-state index is 12.0. The highest BCUT2D eigenvalue weighted by atomic mass is 16.1. The van der Waals surface area contributed by atoms with Crippen LogP contribution in [0.3, 0.4) is 0 Å². The van der Waals surface area contributed by atoms with Crippen LogP contribution in [0, 0.1) is 5.92 Å². The molecule has 0 unspecified atom stereocenters. The molecule has 2 aliphatic carbocycles. The van der Waals surface area contributed by atoms with Gasteiger partial charge < -0.3 is 0 Å². The molecule has 2 aliphatic rings. The molecule has 1 fully saturated rings. The van der Waals surface area contributed by atoms with Gasteiger partial charge in [-0.15, -0.1) is 0 Å². The van der Waals surface area contributed by atoms with E-state index in [1.54, 1.807) is 0 Å². The predicted molar refractivity (Wildman–Crippen MR) is 59.9 cm³/mol. The first-order valence-electron chi connectivity index (χ1n) is 5.97. The molecule has 0 radical (unpaired) electrons. The molecule has 0 aromatic heterocycles. The van der Waals surface area contributed by atoms with Gasteiger partial charge in [0.25, 0.3) is 0 Å². The second-order valence-electron chi connectivity index (χ2n) is 4.83. The highest BCUT2D eigenvalue weighted by molar-refractivity contribution is 5.83. The SMILES string of the molecule is O=C1CCCC[C@H]2c3ccccc3C[C@@H]12. The molecule has 15 heavy (non-hydrogen) atoms. The van der Waals surface area contributed by atoms with Crippen LogP contribution in [0.25, 0.3) is 0 Å². The quantitative estimate of drug-likeness (QED) is 0.629. The van der Waals surface area contributed by atoms with Gasteiger partial charge >= 0.3 is 0 Å². The van der Waals surface area contributed by atoms with Crippen molar-refractivity contribution in [1.29, 1.82) is 0 Å². The average molecular weight is 200 g/mol. The third kappa shape index (κ3) is 1.41. The zero-order chi connectivity index (χ0) is 10.3. The van der Waals surface area contributed by atoms with Crippen LogP contribution in [0.5, 0.6) is 0 Å². The van der Waals surface area contributed by atoms with Crippen molar-refractivity contribution in [2.24, 2.45) is 5.92 Å². The Morgan fingerprint density at radius 1 is 1.07 bits per heavy atom. The summed E-state index contributed by atoms with van der Waals surface area (Å²) in [5.74, 6) is 1.36. The van der Waals surface area contributed by atoms with Crippen molar-refractivity contribution in [1.82, 2.24) is 0 Å². The van der Waals surface area contributed by atoms with Crippen LogP contribution in [-0.4, -0.2) is 5.78 Å². The Morgan fingerprint density at radius 2 is 1.93 bits per heavy atom. The third-order valence-corrected chi connectivity index (χ3v) is 3.98. The van der Waals surface area contributed by atoms with E-state index in [0.717, 1.165) is 19.3 Å². The lowest BCUT2D eigenvalue weighted by Crippen LogP contribution is -2.16. The molecule has 0 N–H and O–H groups in total. The molecule has 1 aromatic rings. The number of Topliss-reactive ketones (excluding diaryl/α,β-unsaturated/α-hetero) is 1. The number of hydrogen-bond acceptors (Lipinski definition) is 1. The van der Waals surface area contributed by atoms with Crippen LogP contribution in [0.1, 0.15) is 42.7 Å². The number of hydrogen-bond donors (Lipinski definition) is 0. The van der Waals surface area contributed by atoms with Crippen LogP contribution < -0.4 is 0 Å². The van der Waals surface area contributed by atoms with Crippen molar-refractivity contribution in [3.8, 4) is 0 Å². The molecule has 0 spiro atoms. The zero-order valence-corrected chi connectivity index (χ0v) is 8.91. The molecule has 1 heteroatoms. The fraction of sp³-hybridized carbons (Fsp3) is 0.500. The van der Waals surface area contributed by atoms with Crippen molar-refractivity contribution < 1.29 is 4.79 Å². The molecule has 0 aliphatic heterocycles. The number of carbonyl (C=O) groups is 1. The van der Waals surface area contributed by atoms with Gasteiger partial charge in [-0.25, -0.2) is 0 Å². The van der Waals surface area contributed by atoms with E-state index in [4.69, 9.17) is 0 Å². The van der Waals surface area contributed by atoms with Crippen molar-refractivity contribution in [2.45, 2.75) is 38.0 Å². The first-order valence-corrected chi connectivity index (χ1v) is 5.97. The van der Waals surface area contributed by atoms with Gasteiger partial charge in [0.2, 0.25) is 0 Å².